The van der Waals surface area contributed by atoms with Gasteiger partial charge in [-0.3, -0.25) is 0 Å². The van der Waals surface area contributed by atoms with E-state index in [1.54, 1.807) is 17.0 Å². The Balaban J connectivity index is 1.74. The number of fused-ring (bicyclic) bond motifs is 2. The molecular formula is C21H14N4OS. The lowest BCUT2D eigenvalue weighted by molar-refractivity contribution is 0.573. The van der Waals surface area contributed by atoms with E-state index < -0.39 is 0 Å². The van der Waals surface area contributed by atoms with E-state index in [0.717, 1.165) is 16.3 Å². The van der Waals surface area contributed by atoms with Gasteiger partial charge in [-0.15, -0.1) is 5.10 Å². The molecule has 0 atom stereocenters. The summed E-state index contributed by atoms with van der Waals surface area (Å²) < 4.78 is 7.42. The molecule has 2 heterocycles. The Bertz CT molecular complexity index is 1290. The summed E-state index contributed by atoms with van der Waals surface area (Å²) >= 11 is 5.34. The highest BCUT2D eigenvalue weighted by molar-refractivity contribution is 7.71. The van der Waals surface area contributed by atoms with E-state index in [4.69, 9.17) is 16.6 Å². The van der Waals surface area contributed by atoms with Crippen LogP contribution in [0.1, 0.15) is 5.56 Å². The van der Waals surface area contributed by atoms with Gasteiger partial charge in [-0.25, -0.2) is 5.10 Å². The van der Waals surface area contributed by atoms with Gasteiger partial charge in [0.05, 0.1) is 12.5 Å². The predicted molar refractivity (Wildman–Crippen MR) is 110 cm³/mol. The zero-order valence-electron chi connectivity index (χ0n) is 14.2. The molecule has 0 aliphatic rings. The third-order valence-electron chi connectivity index (χ3n) is 4.51. The van der Waals surface area contributed by atoms with E-state index >= 15 is 0 Å². The molecule has 0 fully saturated rings. The number of nitrogens with zero attached hydrogens (tertiary/aromatic N) is 3. The van der Waals surface area contributed by atoms with Crippen molar-refractivity contribution in [2.24, 2.45) is 5.10 Å². The Morgan fingerprint density at radius 3 is 2.33 bits per heavy atom. The molecule has 0 aliphatic heterocycles. The lowest BCUT2D eigenvalue weighted by Crippen LogP contribution is -1.95. The molecule has 0 radical (unpaired) electrons. The summed E-state index contributed by atoms with van der Waals surface area (Å²) in [5, 5.41) is 16.2. The highest BCUT2D eigenvalue weighted by Gasteiger charge is 2.11. The largest absolute Gasteiger partial charge is 0.461 e. The average Bonchev–Trinajstić information content (AvgIpc) is 3.35. The second kappa shape index (κ2) is 6.34. The minimum Gasteiger partial charge on any atom is -0.461 e. The summed E-state index contributed by atoms with van der Waals surface area (Å²) in [6.07, 6.45) is 3.43. The first-order chi connectivity index (χ1) is 13.3. The number of aromatic amines is 1. The van der Waals surface area contributed by atoms with Crippen LogP contribution in [0.2, 0.25) is 0 Å². The number of hydrogen-bond acceptors (Lipinski definition) is 4. The van der Waals surface area contributed by atoms with Crippen molar-refractivity contribution in [2.45, 2.75) is 0 Å². The number of aromatic nitrogens is 3. The summed E-state index contributed by atoms with van der Waals surface area (Å²) in [4.78, 5) is 0. The van der Waals surface area contributed by atoms with E-state index in [9.17, 15) is 0 Å². The fraction of sp³-hybridized carbons (Fsp3) is 0. The Morgan fingerprint density at radius 1 is 0.963 bits per heavy atom. The Labute approximate surface area is 159 Å². The van der Waals surface area contributed by atoms with Crippen LogP contribution in [0.3, 0.4) is 0 Å². The standard InChI is InChI=1S/C21H14N4OS/c27-21-24-23-20(19-10-5-11-26-19)25(21)22-13-18-16-8-3-1-6-14(16)12-15-7-2-4-9-17(15)18/h1-13H,(H,24,27)/b22-13-. The van der Waals surface area contributed by atoms with Gasteiger partial charge in [-0.1, -0.05) is 48.5 Å². The molecule has 0 aliphatic carbocycles. The summed E-state index contributed by atoms with van der Waals surface area (Å²) in [6, 6.07) is 22.4. The zero-order chi connectivity index (χ0) is 18.2. The first-order valence-electron chi connectivity index (χ1n) is 8.47. The van der Waals surface area contributed by atoms with Crippen molar-refractivity contribution in [3.05, 3.63) is 83.3 Å². The normalized spacial score (nSPS) is 11.7. The summed E-state index contributed by atoms with van der Waals surface area (Å²) in [7, 11) is 0. The van der Waals surface area contributed by atoms with Crippen LogP contribution in [0.15, 0.2) is 82.5 Å². The van der Waals surface area contributed by atoms with Crippen molar-refractivity contribution < 1.29 is 4.42 Å². The van der Waals surface area contributed by atoms with Crippen molar-refractivity contribution in [3.8, 4) is 11.6 Å². The van der Waals surface area contributed by atoms with Crippen LogP contribution in [0.25, 0.3) is 33.1 Å². The second-order valence-electron chi connectivity index (χ2n) is 6.12. The third kappa shape index (κ3) is 2.67. The van der Waals surface area contributed by atoms with E-state index in [1.807, 2.05) is 36.5 Å². The van der Waals surface area contributed by atoms with Gasteiger partial charge < -0.3 is 4.42 Å². The second-order valence-corrected chi connectivity index (χ2v) is 6.51. The first kappa shape index (κ1) is 15.7. The molecule has 0 amide bonds. The lowest BCUT2D eigenvalue weighted by Gasteiger charge is -2.08. The molecule has 2 aromatic heterocycles. The molecule has 27 heavy (non-hydrogen) atoms. The number of hydrogen-bond donors (Lipinski definition) is 1. The third-order valence-corrected chi connectivity index (χ3v) is 4.77. The van der Waals surface area contributed by atoms with Crippen LogP contribution in [-0.2, 0) is 0 Å². The lowest BCUT2D eigenvalue weighted by atomic mass is 9.97. The fourth-order valence-corrected chi connectivity index (χ4v) is 3.45. The molecule has 0 spiro atoms. The molecule has 5 aromatic rings. The highest BCUT2D eigenvalue weighted by atomic mass is 32.1. The Morgan fingerprint density at radius 2 is 1.67 bits per heavy atom. The number of nitrogens with one attached hydrogen (secondary N) is 1. The molecule has 130 valence electrons. The summed E-state index contributed by atoms with van der Waals surface area (Å²) in [6.45, 7) is 0. The molecule has 1 N–H and O–H groups in total. The van der Waals surface area contributed by atoms with E-state index in [1.165, 1.54) is 10.8 Å². The summed E-state index contributed by atoms with van der Waals surface area (Å²) in [5.74, 6) is 1.13. The molecule has 6 heteroatoms. The Hall–Kier alpha value is -3.51. The fourth-order valence-electron chi connectivity index (χ4n) is 3.27. The average molecular weight is 370 g/mol. The molecule has 5 nitrogen and oxygen atoms in total. The van der Waals surface area contributed by atoms with Crippen molar-refractivity contribution >= 4 is 40.0 Å². The van der Waals surface area contributed by atoms with Gasteiger partial charge >= 0.3 is 0 Å². The smallest absolute Gasteiger partial charge is 0.219 e. The van der Waals surface area contributed by atoms with Crippen LogP contribution < -0.4 is 0 Å². The van der Waals surface area contributed by atoms with E-state index in [2.05, 4.69) is 45.6 Å². The first-order valence-corrected chi connectivity index (χ1v) is 8.88. The van der Waals surface area contributed by atoms with Crippen molar-refractivity contribution in [2.75, 3.05) is 0 Å². The number of furan rings is 1. The molecule has 0 saturated heterocycles. The maximum absolute atomic E-state index is 5.44. The zero-order valence-corrected chi connectivity index (χ0v) is 15.0. The van der Waals surface area contributed by atoms with E-state index in [0.29, 0.717) is 16.4 Å². The van der Waals surface area contributed by atoms with Gasteiger partial charge in [0.2, 0.25) is 10.6 Å². The SMILES string of the molecule is S=c1[nH]nc(-c2ccco2)n1/N=C\c1c2ccccc2cc2ccccc12. The quantitative estimate of drug-likeness (QED) is 0.263. The van der Waals surface area contributed by atoms with Gasteiger partial charge in [0, 0.05) is 5.56 Å². The van der Waals surface area contributed by atoms with Crippen molar-refractivity contribution in [1.29, 1.82) is 0 Å². The maximum Gasteiger partial charge on any atom is 0.219 e. The van der Waals surface area contributed by atoms with Gasteiger partial charge in [-0.05, 0) is 52.0 Å². The van der Waals surface area contributed by atoms with Crippen LogP contribution in [0, 0.1) is 4.77 Å². The van der Waals surface area contributed by atoms with Crippen LogP contribution in [-0.4, -0.2) is 21.1 Å². The predicted octanol–water partition coefficient (Wildman–Crippen LogP) is 5.39. The number of H-pyrrole nitrogens is 1. The monoisotopic (exact) mass is 370 g/mol. The van der Waals surface area contributed by atoms with Gasteiger partial charge in [-0.2, -0.15) is 9.78 Å². The number of rotatable bonds is 3. The number of benzene rings is 3. The van der Waals surface area contributed by atoms with Crippen LogP contribution in [0.4, 0.5) is 0 Å². The molecule has 3 aromatic carbocycles. The summed E-state index contributed by atoms with van der Waals surface area (Å²) in [5.41, 5.74) is 1.04. The Kier molecular flexibility index (Phi) is 3.69. The minimum absolute atomic E-state index is 0.405. The van der Waals surface area contributed by atoms with Crippen LogP contribution in [0.5, 0.6) is 0 Å². The molecule has 0 bridgehead atoms. The van der Waals surface area contributed by atoms with E-state index in [-0.39, 0.29) is 0 Å². The topological polar surface area (TPSA) is 59.1 Å². The van der Waals surface area contributed by atoms with Gasteiger partial charge in [0.1, 0.15) is 0 Å². The minimum atomic E-state index is 0.405. The molecule has 5 rings (SSSR count). The molecule has 0 unspecified atom stereocenters. The van der Waals surface area contributed by atoms with Gasteiger partial charge in [0.25, 0.3) is 0 Å². The highest BCUT2D eigenvalue weighted by Crippen LogP contribution is 2.27. The van der Waals surface area contributed by atoms with Crippen molar-refractivity contribution in [3.63, 3.8) is 0 Å². The van der Waals surface area contributed by atoms with Crippen LogP contribution >= 0.6 is 12.2 Å². The van der Waals surface area contributed by atoms with Gasteiger partial charge in [0.15, 0.2) is 5.76 Å². The maximum atomic E-state index is 5.44. The van der Waals surface area contributed by atoms with Crippen molar-refractivity contribution in [1.82, 2.24) is 14.9 Å². The molecule has 0 saturated carbocycles. The molecular weight excluding hydrogens is 356 g/mol.